The van der Waals surface area contributed by atoms with Crippen LogP contribution in [0.4, 0.5) is 15.8 Å². The van der Waals surface area contributed by atoms with Gasteiger partial charge in [0.25, 0.3) is 0 Å². The minimum atomic E-state index is -0.152. The largest absolute Gasteiger partial charge is 0.497 e. The summed E-state index contributed by atoms with van der Waals surface area (Å²) in [7, 11) is 1.63. The standard InChI is InChI=1S/C32H39FN4O2/c1-39-28-14-12-27(13-15-28)34-32(38)16-11-26-24-35(23-25-7-3-2-4-8-25)18-17-30(26)36-19-21-37(22-20-36)31-10-6-5-9-29(31)33/h2-10,12-15,26,30H,11,16-24H2,1H3,(H,34,38)/t26-,30+/m1/s1. The molecule has 3 aromatic rings. The van der Waals surface area contributed by atoms with Gasteiger partial charge in [0.05, 0.1) is 12.8 Å². The van der Waals surface area contributed by atoms with Crippen molar-refractivity contribution in [1.82, 2.24) is 9.80 Å². The molecule has 0 saturated carbocycles. The molecule has 39 heavy (non-hydrogen) atoms. The van der Waals surface area contributed by atoms with Crippen molar-refractivity contribution in [3.05, 3.63) is 90.2 Å². The van der Waals surface area contributed by atoms with E-state index in [1.54, 1.807) is 13.2 Å². The van der Waals surface area contributed by atoms with Crippen molar-refractivity contribution in [2.24, 2.45) is 5.92 Å². The number of rotatable bonds is 9. The molecule has 0 aliphatic carbocycles. The van der Waals surface area contributed by atoms with Crippen molar-refractivity contribution in [1.29, 1.82) is 0 Å². The molecule has 2 fully saturated rings. The molecule has 2 aliphatic heterocycles. The third-order valence-corrected chi connectivity index (χ3v) is 8.12. The highest BCUT2D eigenvalue weighted by molar-refractivity contribution is 5.90. The van der Waals surface area contributed by atoms with Gasteiger partial charge in [0.2, 0.25) is 5.91 Å². The van der Waals surface area contributed by atoms with Crippen LogP contribution in [-0.4, -0.2) is 68.1 Å². The second kappa shape index (κ2) is 13.1. The van der Waals surface area contributed by atoms with Crippen LogP contribution in [0.25, 0.3) is 0 Å². The number of para-hydroxylation sites is 1. The number of carbonyl (C=O) groups excluding carboxylic acids is 1. The maximum atomic E-state index is 14.4. The summed E-state index contributed by atoms with van der Waals surface area (Å²) in [5.41, 5.74) is 2.81. The molecular weight excluding hydrogens is 491 g/mol. The molecule has 0 bridgehead atoms. The number of anilines is 2. The summed E-state index contributed by atoms with van der Waals surface area (Å²) in [5, 5.41) is 3.04. The first-order valence-electron chi connectivity index (χ1n) is 14.0. The van der Waals surface area contributed by atoms with Crippen molar-refractivity contribution in [3.63, 3.8) is 0 Å². The number of piperazine rings is 1. The molecule has 6 nitrogen and oxygen atoms in total. The molecule has 7 heteroatoms. The van der Waals surface area contributed by atoms with Crippen molar-refractivity contribution in [2.45, 2.75) is 31.8 Å². The molecule has 0 unspecified atom stereocenters. The van der Waals surface area contributed by atoms with E-state index >= 15 is 0 Å². The molecule has 0 radical (unpaired) electrons. The first-order chi connectivity index (χ1) is 19.1. The van der Waals surface area contributed by atoms with Gasteiger partial charge >= 0.3 is 0 Å². The number of piperidine rings is 1. The summed E-state index contributed by atoms with van der Waals surface area (Å²) < 4.78 is 19.6. The van der Waals surface area contributed by atoms with E-state index in [1.165, 1.54) is 11.6 Å². The zero-order chi connectivity index (χ0) is 27.0. The van der Waals surface area contributed by atoms with Crippen LogP contribution in [0.5, 0.6) is 5.75 Å². The predicted molar refractivity (Wildman–Crippen MR) is 155 cm³/mol. The lowest BCUT2D eigenvalue weighted by atomic mass is 9.86. The van der Waals surface area contributed by atoms with Gasteiger partial charge < -0.3 is 15.0 Å². The first-order valence-corrected chi connectivity index (χ1v) is 14.0. The highest BCUT2D eigenvalue weighted by Gasteiger charge is 2.35. The highest BCUT2D eigenvalue weighted by Crippen LogP contribution is 2.30. The Hall–Kier alpha value is -3.42. The Kier molecular flexibility index (Phi) is 9.12. The van der Waals surface area contributed by atoms with Crippen LogP contribution >= 0.6 is 0 Å². The SMILES string of the molecule is COc1ccc(NC(=O)CC[C@@H]2CN(Cc3ccccc3)CC[C@@H]2N2CCN(c3ccccc3F)CC2)cc1. The molecule has 2 saturated heterocycles. The van der Waals surface area contributed by atoms with E-state index in [-0.39, 0.29) is 11.7 Å². The van der Waals surface area contributed by atoms with Crippen molar-refractivity contribution in [2.75, 3.05) is 56.6 Å². The zero-order valence-electron chi connectivity index (χ0n) is 22.8. The number of nitrogens with zero attached hydrogens (tertiary/aromatic N) is 3. The summed E-state index contributed by atoms with van der Waals surface area (Å²) in [6.07, 6.45) is 2.41. The minimum absolute atomic E-state index is 0.0449. The monoisotopic (exact) mass is 530 g/mol. The summed E-state index contributed by atoms with van der Waals surface area (Å²) >= 11 is 0. The predicted octanol–water partition coefficient (Wildman–Crippen LogP) is 5.27. The Morgan fingerprint density at radius 3 is 2.36 bits per heavy atom. The topological polar surface area (TPSA) is 48.1 Å². The smallest absolute Gasteiger partial charge is 0.224 e. The molecule has 206 valence electrons. The minimum Gasteiger partial charge on any atom is -0.497 e. The Bertz CT molecular complexity index is 1200. The number of hydrogen-bond donors (Lipinski definition) is 1. The van der Waals surface area contributed by atoms with Crippen molar-refractivity contribution < 1.29 is 13.9 Å². The summed E-state index contributed by atoms with van der Waals surface area (Å²) in [5.74, 6) is 1.06. The third kappa shape index (κ3) is 7.16. The van der Waals surface area contributed by atoms with E-state index in [2.05, 4.69) is 50.3 Å². The van der Waals surface area contributed by atoms with E-state index in [0.29, 0.717) is 24.1 Å². The Morgan fingerprint density at radius 2 is 1.64 bits per heavy atom. The Labute approximate surface area is 231 Å². The normalized spacial score (nSPS) is 20.5. The van der Waals surface area contributed by atoms with E-state index in [4.69, 9.17) is 4.74 Å². The molecule has 1 N–H and O–H groups in total. The van der Waals surface area contributed by atoms with Crippen LogP contribution < -0.4 is 15.0 Å². The molecule has 0 aromatic heterocycles. The van der Waals surface area contributed by atoms with Crippen LogP contribution in [0, 0.1) is 11.7 Å². The summed E-state index contributed by atoms with van der Waals surface area (Å²) in [4.78, 5) is 20.2. The number of halogens is 1. The van der Waals surface area contributed by atoms with Gasteiger partial charge in [0, 0.05) is 57.4 Å². The van der Waals surface area contributed by atoms with E-state index in [9.17, 15) is 9.18 Å². The zero-order valence-corrected chi connectivity index (χ0v) is 22.8. The lowest BCUT2D eigenvalue weighted by molar-refractivity contribution is -0.116. The maximum Gasteiger partial charge on any atom is 0.224 e. The molecule has 5 rings (SSSR count). The average molecular weight is 531 g/mol. The first kappa shape index (κ1) is 27.2. The number of nitrogens with one attached hydrogen (secondary N) is 1. The fourth-order valence-corrected chi connectivity index (χ4v) is 6.06. The van der Waals surface area contributed by atoms with E-state index in [1.807, 2.05) is 36.4 Å². The highest BCUT2D eigenvalue weighted by atomic mass is 19.1. The fraction of sp³-hybridized carbons (Fsp3) is 0.406. The van der Waals surface area contributed by atoms with Gasteiger partial charge in [-0.1, -0.05) is 42.5 Å². The van der Waals surface area contributed by atoms with E-state index < -0.39 is 0 Å². The molecule has 1 amide bonds. The Morgan fingerprint density at radius 1 is 0.923 bits per heavy atom. The van der Waals surface area contributed by atoms with Crippen molar-refractivity contribution >= 4 is 17.3 Å². The van der Waals surface area contributed by atoms with Gasteiger partial charge in [0.15, 0.2) is 0 Å². The molecule has 2 heterocycles. The number of likely N-dealkylation sites (tertiary alicyclic amines) is 1. The van der Waals surface area contributed by atoms with Gasteiger partial charge in [-0.25, -0.2) is 4.39 Å². The van der Waals surface area contributed by atoms with Gasteiger partial charge in [-0.3, -0.25) is 14.6 Å². The molecule has 2 aliphatic rings. The molecule has 0 spiro atoms. The number of ether oxygens (including phenoxy) is 1. The number of carbonyl (C=O) groups is 1. The molecule has 3 aromatic carbocycles. The maximum absolute atomic E-state index is 14.4. The fourth-order valence-electron chi connectivity index (χ4n) is 6.06. The third-order valence-electron chi connectivity index (χ3n) is 8.12. The van der Waals surface area contributed by atoms with Gasteiger partial charge in [0.1, 0.15) is 11.6 Å². The lowest BCUT2D eigenvalue weighted by Crippen LogP contribution is -2.56. The Balaban J connectivity index is 1.21. The number of amides is 1. The van der Waals surface area contributed by atoms with Crippen LogP contribution in [-0.2, 0) is 11.3 Å². The van der Waals surface area contributed by atoms with Crippen LogP contribution in [0.3, 0.4) is 0 Å². The van der Waals surface area contributed by atoms with Crippen LogP contribution in [0.2, 0.25) is 0 Å². The van der Waals surface area contributed by atoms with Crippen molar-refractivity contribution in [3.8, 4) is 5.75 Å². The van der Waals surface area contributed by atoms with Gasteiger partial charge in [-0.2, -0.15) is 0 Å². The number of benzene rings is 3. The summed E-state index contributed by atoms with van der Waals surface area (Å²) in [6, 6.07) is 25.6. The average Bonchev–Trinajstić information content (AvgIpc) is 2.98. The lowest BCUT2D eigenvalue weighted by Gasteiger charge is -2.47. The van der Waals surface area contributed by atoms with Crippen LogP contribution in [0.15, 0.2) is 78.9 Å². The number of hydrogen-bond acceptors (Lipinski definition) is 5. The number of methoxy groups -OCH3 is 1. The van der Waals surface area contributed by atoms with E-state index in [0.717, 1.165) is 70.1 Å². The second-order valence-electron chi connectivity index (χ2n) is 10.6. The second-order valence-corrected chi connectivity index (χ2v) is 10.6. The quantitative estimate of drug-likeness (QED) is 0.409. The summed E-state index contributed by atoms with van der Waals surface area (Å²) in [6.45, 7) is 6.40. The molecule has 2 atom stereocenters. The van der Waals surface area contributed by atoms with Gasteiger partial charge in [-0.15, -0.1) is 0 Å². The van der Waals surface area contributed by atoms with Gasteiger partial charge in [-0.05, 0) is 67.3 Å². The molecular formula is C32H39FN4O2. The van der Waals surface area contributed by atoms with Crippen LogP contribution in [0.1, 0.15) is 24.8 Å².